The van der Waals surface area contributed by atoms with Crippen molar-refractivity contribution < 1.29 is 29.2 Å². The lowest BCUT2D eigenvalue weighted by molar-refractivity contribution is 0.0317. The Bertz CT molecular complexity index is 1000. The molecule has 3 aliphatic rings. The van der Waals surface area contributed by atoms with Crippen LogP contribution in [0.1, 0.15) is 39.6 Å². The lowest BCUT2D eigenvalue weighted by Gasteiger charge is -2.33. The highest BCUT2D eigenvalue weighted by molar-refractivity contribution is 6.04. The molecule has 2 saturated heterocycles. The zero-order chi connectivity index (χ0) is 22.8. The normalized spacial score (nSPS) is 22.1. The number of morpholine rings is 2. The van der Waals surface area contributed by atoms with Crippen LogP contribution in [0, 0.1) is 0 Å². The van der Waals surface area contributed by atoms with Gasteiger partial charge >= 0.3 is 0 Å². The lowest BCUT2D eigenvalue weighted by Crippen LogP contribution is -2.37. The van der Waals surface area contributed by atoms with Crippen molar-refractivity contribution in [2.75, 3.05) is 52.6 Å². The van der Waals surface area contributed by atoms with Crippen LogP contribution < -0.4 is 4.74 Å². The first-order valence-electron chi connectivity index (χ1n) is 11.6. The van der Waals surface area contributed by atoms with Gasteiger partial charge in [0.1, 0.15) is 28.9 Å². The maximum atomic E-state index is 13.3. The van der Waals surface area contributed by atoms with Gasteiger partial charge in [0.25, 0.3) is 0 Å². The van der Waals surface area contributed by atoms with Crippen molar-refractivity contribution in [3.05, 3.63) is 52.6 Å². The largest absolute Gasteiger partial charge is 0.507 e. The standard InChI is InChI=1S/C25H30N2O6/c28-20-14-21(17-4-2-1-3-5-17)33-25-19(16-27-8-12-32-13-9-27)23(29)18(24(30)22(20)25)15-26-6-10-31-11-7-26/h1-5,21,29-30H,6-16H2. The number of aromatic hydroxyl groups is 2. The van der Waals surface area contributed by atoms with Gasteiger partial charge in [-0.1, -0.05) is 30.3 Å². The maximum Gasteiger partial charge on any atom is 0.174 e. The molecule has 2 aromatic carbocycles. The summed E-state index contributed by atoms with van der Waals surface area (Å²) in [7, 11) is 0. The minimum atomic E-state index is -0.460. The predicted octanol–water partition coefficient (Wildman–Crippen LogP) is 2.47. The summed E-state index contributed by atoms with van der Waals surface area (Å²) in [5.74, 6) is -0.0386. The van der Waals surface area contributed by atoms with Crippen LogP contribution in [0.5, 0.6) is 17.2 Å². The summed E-state index contributed by atoms with van der Waals surface area (Å²) in [6, 6.07) is 9.59. The van der Waals surface area contributed by atoms with Crippen LogP contribution in [-0.4, -0.2) is 78.4 Å². The van der Waals surface area contributed by atoms with Crippen molar-refractivity contribution in [3.63, 3.8) is 0 Å². The lowest BCUT2D eigenvalue weighted by atomic mass is 9.90. The monoisotopic (exact) mass is 454 g/mol. The quantitative estimate of drug-likeness (QED) is 0.712. The second-order valence-corrected chi connectivity index (χ2v) is 8.78. The Morgan fingerprint density at radius 2 is 1.39 bits per heavy atom. The number of rotatable bonds is 5. The molecule has 1 atom stereocenters. The second kappa shape index (κ2) is 9.69. The molecule has 8 nitrogen and oxygen atoms in total. The number of carbonyl (C=O) groups is 1. The Balaban J connectivity index is 1.56. The highest BCUT2D eigenvalue weighted by atomic mass is 16.5. The number of benzene rings is 2. The third-order valence-corrected chi connectivity index (χ3v) is 6.65. The van der Waals surface area contributed by atoms with Gasteiger partial charge < -0.3 is 24.4 Å². The van der Waals surface area contributed by atoms with Gasteiger partial charge in [0, 0.05) is 39.3 Å². The number of nitrogens with zero attached hydrogens (tertiary/aromatic N) is 2. The number of carbonyl (C=O) groups excluding carboxylic acids is 1. The van der Waals surface area contributed by atoms with Crippen LogP contribution in [0.15, 0.2) is 30.3 Å². The first-order valence-corrected chi connectivity index (χ1v) is 11.6. The molecule has 0 amide bonds. The highest BCUT2D eigenvalue weighted by Gasteiger charge is 2.36. The fourth-order valence-corrected chi connectivity index (χ4v) is 4.77. The van der Waals surface area contributed by atoms with E-state index >= 15 is 0 Å². The molecule has 176 valence electrons. The van der Waals surface area contributed by atoms with Gasteiger partial charge in [-0.05, 0) is 5.56 Å². The molecule has 0 bridgehead atoms. The zero-order valence-electron chi connectivity index (χ0n) is 18.7. The van der Waals surface area contributed by atoms with E-state index in [2.05, 4.69) is 9.80 Å². The third-order valence-electron chi connectivity index (χ3n) is 6.65. The average molecular weight is 455 g/mol. The highest BCUT2D eigenvalue weighted by Crippen LogP contribution is 2.48. The van der Waals surface area contributed by atoms with Gasteiger partial charge in [-0.15, -0.1) is 0 Å². The van der Waals surface area contributed by atoms with Gasteiger partial charge in [0.15, 0.2) is 5.78 Å². The molecule has 2 aromatic rings. The van der Waals surface area contributed by atoms with Crippen LogP contribution in [0.4, 0.5) is 0 Å². The summed E-state index contributed by atoms with van der Waals surface area (Å²) in [6.07, 6.45) is -0.317. The molecule has 2 N–H and O–H groups in total. The summed E-state index contributed by atoms with van der Waals surface area (Å²) in [5, 5.41) is 22.5. The average Bonchev–Trinajstić information content (AvgIpc) is 2.86. The molecule has 5 rings (SSSR count). The number of phenolic OH excluding ortho intramolecular Hbond substituents is 2. The number of ether oxygens (including phenoxy) is 3. The number of hydrogen-bond acceptors (Lipinski definition) is 8. The SMILES string of the molecule is O=C1CC(c2ccccc2)Oc2c(CN3CCOCC3)c(O)c(CN3CCOCC3)c(O)c21. The summed E-state index contributed by atoms with van der Waals surface area (Å²) >= 11 is 0. The summed E-state index contributed by atoms with van der Waals surface area (Å²) in [4.78, 5) is 17.6. The minimum Gasteiger partial charge on any atom is -0.507 e. The van der Waals surface area contributed by atoms with Gasteiger partial charge in [0.2, 0.25) is 0 Å². The Hall–Kier alpha value is -2.65. The van der Waals surface area contributed by atoms with Gasteiger partial charge in [-0.3, -0.25) is 14.6 Å². The number of phenols is 2. The Labute approximate surface area is 193 Å². The van der Waals surface area contributed by atoms with Gasteiger partial charge in [-0.25, -0.2) is 0 Å². The van der Waals surface area contributed by atoms with Crippen molar-refractivity contribution >= 4 is 5.78 Å². The Kier molecular flexibility index (Phi) is 6.50. The Morgan fingerprint density at radius 1 is 0.818 bits per heavy atom. The minimum absolute atomic E-state index is 0.00532. The molecule has 3 aliphatic heterocycles. The molecule has 3 heterocycles. The van der Waals surface area contributed by atoms with Crippen molar-refractivity contribution in [2.45, 2.75) is 25.6 Å². The summed E-state index contributed by atoms with van der Waals surface area (Å²) in [5.41, 5.74) is 2.02. The van der Waals surface area contributed by atoms with E-state index < -0.39 is 6.10 Å². The van der Waals surface area contributed by atoms with E-state index in [0.717, 1.165) is 18.7 Å². The zero-order valence-corrected chi connectivity index (χ0v) is 18.7. The van der Waals surface area contributed by atoms with E-state index in [1.54, 1.807) is 0 Å². The molecular formula is C25H30N2O6. The molecule has 0 aromatic heterocycles. The first-order chi connectivity index (χ1) is 16.1. The molecule has 1 unspecified atom stereocenters. The van der Waals surface area contributed by atoms with E-state index in [1.165, 1.54) is 0 Å². The fourth-order valence-electron chi connectivity index (χ4n) is 4.77. The maximum absolute atomic E-state index is 13.3. The first kappa shape index (κ1) is 22.2. The topological polar surface area (TPSA) is 91.7 Å². The summed E-state index contributed by atoms with van der Waals surface area (Å²) < 4.78 is 17.2. The number of Topliss-reactive ketones (excluding diaryl/α,β-unsaturated/α-hetero) is 1. The van der Waals surface area contributed by atoms with Crippen molar-refractivity contribution in [1.82, 2.24) is 9.80 Å². The van der Waals surface area contributed by atoms with E-state index in [0.29, 0.717) is 69.5 Å². The Morgan fingerprint density at radius 3 is 2.00 bits per heavy atom. The number of fused-ring (bicyclic) bond motifs is 1. The third kappa shape index (κ3) is 4.56. The van der Waals surface area contributed by atoms with Crippen LogP contribution in [-0.2, 0) is 22.6 Å². The molecule has 0 radical (unpaired) electrons. The van der Waals surface area contributed by atoms with Crippen molar-refractivity contribution in [3.8, 4) is 17.2 Å². The van der Waals surface area contributed by atoms with Gasteiger partial charge in [0.05, 0.1) is 44.0 Å². The second-order valence-electron chi connectivity index (χ2n) is 8.78. The summed E-state index contributed by atoms with van der Waals surface area (Å²) in [6.45, 7) is 6.07. The van der Waals surface area contributed by atoms with E-state index in [9.17, 15) is 15.0 Å². The van der Waals surface area contributed by atoms with Gasteiger partial charge in [-0.2, -0.15) is 0 Å². The van der Waals surface area contributed by atoms with Crippen LogP contribution in [0.2, 0.25) is 0 Å². The predicted molar refractivity (Wildman–Crippen MR) is 121 cm³/mol. The number of hydrogen-bond donors (Lipinski definition) is 2. The van der Waals surface area contributed by atoms with E-state index in [-0.39, 0.29) is 29.3 Å². The van der Waals surface area contributed by atoms with Crippen molar-refractivity contribution in [1.29, 1.82) is 0 Å². The van der Waals surface area contributed by atoms with Crippen molar-refractivity contribution in [2.24, 2.45) is 0 Å². The molecule has 0 aliphatic carbocycles. The molecule has 0 spiro atoms. The molecule has 33 heavy (non-hydrogen) atoms. The smallest absolute Gasteiger partial charge is 0.174 e. The molecule has 8 heteroatoms. The van der Waals surface area contributed by atoms with Crippen LogP contribution in [0.3, 0.4) is 0 Å². The van der Waals surface area contributed by atoms with Crippen LogP contribution >= 0.6 is 0 Å². The molecular weight excluding hydrogens is 424 g/mol. The number of ketones is 1. The molecule has 2 fully saturated rings. The molecule has 0 saturated carbocycles. The fraction of sp³-hybridized carbons (Fsp3) is 0.480. The van der Waals surface area contributed by atoms with E-state index in [1.807, 2.05) is 30.3 Å². The van der Waals surface area contributed by atoms with E-state index in [4.69, 9.17) is 14.2 Å². The van der Waals surface area contributed by atoms with Crippen LogP contribution in [0.25, 0.3) is 0 Å².